The molecule has 0 aromatic heterocycles. The minimum atomic E-state index is -0.264. The second kappa shape index (κ2) is 1.48. The summed E-state index contributed by atoms with van der Waals surface area (Å²) < 4.78 is 0. The highest BCUT2D eigenvalue weighted by atomic mass is 16.5. The van der Waals surface area contributed by atoms with Gasteiger partial charge in [0.25, 0.3) is 5.91 Å². The molecule has 1 aliphatic rings. The van der Waals surface area contributed by atoms with Crippen molar-refractivity contribution in [1.29, 1.82) is 0 Å². The average molecular weight is 102 g/mol. The van der Waals surface area contributed by atoms with Crippen LogP contribution >= 0.6 is 0 Å². The second-order valence-corrected chi connectivity index (χ2v) is 1.38. The zero-order chi connectivity index (χ0) is 5.28. The Bertz CT molecular complexity index is 92.9. The quantitative estimate of drug-likeness (QED) is 0.376. The summed E-state index contributed by atoms with van der Waals surface area (Å²) in [6, 6.07) is 0. The molecule has 1 aliphatic heterocycles. The summed E-state index contributed by atoms with van der Waals surface area (Å²) in [6.45, 7) is 0.523. The van der Waals surface area contributed by atoms with Gasteiger partial charge < -0.3 is 0 Å². The molecule has 0 unspecified atom stereocenters. The number of carbonyl (C=O) groups is 1. The van der Waals surface area contributed by atoms with E-state index in [1.54, 1.807) is 0 Å². The van der Waals surface area contributed by atoms with E-state index in [-0.39, 0.29) is 19.1 Å². The molecular formula is C3H6N2O2. The number of rotatable bonds is 0. The fraction of sp³-hybridized carbons (Fsp3) is 0.667. The van der Waals surface area contributed by atoms with Gasteiger partial charge in [-0.3, -0.25) is 15.3 Å². The van der Waals surface area contributed by atoms with Crippen molar-refractivity contribution < 1.29 is 10.0 Å². The Hall–Kier alpha value is -0.610. The van der Waals surface area contributed by atoms with Gasteiger partial charge in [0.2, 0.25) is 0 Å². The number of hydrogen-bond acceptors (Lipinski definition) is 3. The summed E-state index contributed by atoms with van der Waals surface area (Å²) >= 11 is 0. The third-order valence-electron chi connectivity index (χ3n) is 0.826. The van der Waals surface area contributed by atoms with Crippen molar-refractivity contribution in [3.05, 3.63) is 0 Å². The average Bonchev–Trinajstić information content (AvgIpc) is 1.91. The Labute approximate surface area is 40.7 Å². The van der Waals surface area contributed by atoms with Gasteiger partial charge in [-0.15, -0.1) is 0 Å². The molecule has 1 heterocycles. The van der Waals surface area contributed by atoms with Crippen LogP contribution in [-0.4, -0.2) is 29.4 Å². The molecule has 0 aromatic carbocycles. The molecule has 1 saturated heterocycles. The predicted octanol–water partition coefficient (Wildman–Crippen LogP) is -1.24. The molecule has 0 bridgehead atoms. The Morgan fingerprint density at radius 3 is 2.71 bits per heavy atom. The Balaban J connectivity index is 2.48. The lowest BCUT2D eigenvalue weighted by Crippen LogP contribution is -2.20. The van der Waals surface area contributed by atoms with E-state index in [1.165, 1.54) is 0 Å². The number of carbonyl (C=O) groups excluding carboxylic acids is 1. The zero-order valence-corrected chi connectivity index (χ0v) is 3.72. The van der Waals surface area contributed by atoms with Crippen LogP contribution in [0.1, 0.15) is 0 Å². The molecule has 4 nitrogen and oxygen atoms in total. The van der Waals surface area contributed by atoms with Crippen molar-refractivity contribution in [3.8, 4) is 0 Å². The van der Waals surface area contributed by atoms with Crippen LogP contribution in [0.3, 0.4) is 0 Å². The maximum absolute atomic E-state index is 10.2. The standard InChI is InChI=1S/C3H6N2O2/c6-3-1-4-2-5(3)7/h4,7H,1-2H2. The van der Waals surface area contributed by atoms with Gasteiger partial charge in [0, 0.05) is 0 Å². The summed E-state index contributed by atoms with van der Waals surface area (Å²) in [4.78, 5) is 10.2. The van der Waals surface area contributed by atoms with E-state index in [4.69, 9.17) is 5.21 Å². The molecule has 0 atom stereocenters. The van der Waals surface area contributed by atoms with Crippen molar-refractivity contribution >= 4 is 5.91 Å². The molecule has 7 heavy (non-hydrogen) atoms. The Morgan fingerprint density at radius 2 is 2.57 bits per heavy atom. The van der Waals surface area contributed by atoms with E-state index in [1.807, 2.05) is 0 Å². The highest BCUT2D eigenvalue weighted by Gasteiger charge is 2.15. The molecule has 1 amide bonds. The van der Waals surface area contributed by atoms with Crippen molar-refractivity contribution in [2.24, 2.45) is 0 Å². The fourth-order valence-electron chi connectivity index (χ4n) is 0.448. The van der Waals surface area contributed by atoms with Gasteiger partial charge in [-0.05, 0) is 0 Å². The second-order valence-electron chi connectivity index (χ2n) is 1.38. The number of amides is 1. The van der Waals surface area contributed by atoms with Gasteiger partial charge in [0.1, 0.15) is 0 Å². The molecule has 0 spiro atoms. The summed E-state index contributed by atoms with van der Waals surface area (Å²) in [5.41, 5.74) is 0. The summed E-state index contributed by atoms with van der Waals surface area (Å²) in [5, 5.41) is 11.7. The number of hydrogen-bond donors (Lipinski definition) is 2. The SMILES string of the molecule is O=C1CNCN1O. The van der Waals surface area contributed by atoms with Crippen LogP contribution in [0.15, 0.2) is 0 Å². The smallest absolute Gasteiger partial charge is 0.261 e. The normalized spacial score (nSPS) is 21.3. The third-order valence-corrected chi connectivity index (χ3v) is 0.826. The topological polar surface area (TPSA) is 52.6 Å². The first kappa shape index (κ1) is 4.55. The molecule has 2 N–H and O–H groups in total. The van der Waals surface area contributed by atoms with Crippen LogP contribution in [0.4, 0.5) is 0 Å². The summed E-state index contributed by atoms with van der Waals surface area (Å²) in [6.07, 6.45) is 0. The van der Waals surface area contributed by atoms with E-state index < -0.39 is 0 Å². The molecule has 40 valence electrons. The molecule has 4 heteroatoms. The minimum absolute atomic E-state index is 0.260. The Morgan fingerprint density at radius 1 is 1.86 bits per heavy atom. The molecule has 1 fully saturated rings. The first-order valence-electron chi connectivity index (χ1n) is 2.00. The molecular weight excluding hydrogens is 96.0 g/mol. The lowest BCUT2D eigenvalue weighted by atomic mass is 10.7. The van der Waals surface area contributed by atoms with Gasteiger partial charge in [-0.1, -0.05) is 0 Å². The van der Waals surface area contributed by atoms with E-state index in [0.717, 1.165) is 0 Å². The first-order valence-corrected chi connectivity index (χ1v) is 2.00. The largest absolute Gasteiger partial charge is 0.289 e. The van der Waals surface area contributed by atoms with Crippen LogP contribution in [0, 0.1) is 0 Å². The third kappa shape index (κ3) is 0.703. The van der Waals surface area contributed by atoms with Crippen LogP contribution in [-0.2, 0) is 4.79 Å². The molecule has 0 aliphatic carbocycles. The maximum atomic E-state index is 10.2. The molecule has 0 saturated carbocycles. The van der Waals surface area contributed by atoms with Crippen molar-refractivity contribution in [1.82, 2.24) is 10.4 Å². The highest BCUT2D eigenvalue weighted by Crippen LogP contribution is 1.85. The van der Waals surface area contributed by atoms with Crippen molar-refractivity contribution in [2.75, 3.05) is 13.2 Å². The van der Waals surface area contributed by atoms with E-state index >= 15 is 0 Å². The van der Waals surface area contributed by atoms with E-state index in [9.17, 15) is 4.79 Å². The van der Waals surface area contributed by atoms with E-state index in [0.29, 0.717) is 5.06 Å². The number of hydroxylamine groups is 2. The van der Waals surface area contributed by atoms with Crippen LogP contribution in [0.5, 0.6) is 0 Å². The highest BCUT2D eigenvalue weighted by molar-refractivity contribution is 5.78. The van der Waals surface area contributed by atoms with Gasteiger partial charge in [-0.25, -0.2) is 5.06 Å². The van der Waals surface area contributed by atoms with E-state index in [2.05, 4.69) is 5.32 Å². The lowest BCUT2D eigenvalue weighted by molar-refractivity contribution is -0.156. The van der Waals surface area contributed by atoms with Crippen LogP contribution in [0.25, 0.3) is 0 Å². The molecule has 1 rings (SSSR count). The minimum Gasteiger partial charge on any atom is -0.289 e. The van der Waals surface area contributed by atoms with Gasteiger partial charge >= 0.3 is 0 Å². The van der Waals surface area contributed by atoms with Crippen LogP contribution < -0.4 is 5.32 Å². The maximum Gasteiger partial charge on any atom is 0.261 e. The zero-order valence-electron chi connectivity index (χ0n) is 3.72. The Kier molecular flexibility index (Phi) is 0.958. The number of nitrogens with zero attached hydrogens (tertiary/aromatic N) is 1. The monoisotopic (exact) mass is 102 g/mol. The molecule has 0 radical (unpaired) electrons. The van der Waals surface area contributed by atoms with Crippen LogP contribution in [0.2, 0.25) is 0 Å². The summed E-state index contributed by atoms with van der Waals surface area (Å²) in [7, 11) is 0. The number of nitrogens with one attached hydrogen (secondary N) is 1. The van der Waals surface area contributed by atoms with Crippen molar-refractivity contribution in [2.45, 2.75) is 0 Å². The molecule has 0 aromatic rings. The van der Waals surface area contributed by atoms with Crippen molar-refractivity contribution in [3.63, 3.8) is 0 Å². The lowest BCUT2D eigenvalue weighted by Gasteiger charge is -1.99. The fourth-order valence-corrected chi connectivity index (χ4v) is 0.448. The summed E-state index contributed by atoms with van der Waals surface area (Å²) in [5.74, 6) is -0.264. The van der Waals surface area contributed by atoms with Gasteiger partial charge in [0.05, 0.1) is 13.2 Å². The van der Waals surface area contributed by atoms with Gasteiger partial charge in [-0.2, -0.15) is 0 Å². The first-order chi connectivity index (χ1) is 3.30. The van der Waals surface area contributed by atoms with Gasteiger partial charge in [0.15, 0.2) is 0 Å². The predicted molar refractivity (Wildman–Crippen MR) is 21.5 cm³/mol.